The van der Waals surface area contributed by atoms with Gasteiger partial charge in [-0.3, -0.25) is 4.79 Å². The molecular weight excluding hydrogens is 270 g/mol. The molecule has 0 amide bonds. The molecule has 0 bridgehead atoms. The van der Waals surface area contributed by atoms with Gasteiger partial charge in [-0.15, -0.1) is 11.3 Å². The first-order valence-electron chi connectivity index (χ1n) is 6.30. The molecule has 18 heavy (non-hydrogen) atoms. The molecule has 0 radical (unpaired) electrons. The summed E-state index contributed by atoms with van der Waals surface area (Å²) in [6.45, 7) is 3.81. The van der Waals surface area contributed by atoms with Gasteiger partial charge in [0.25, 0.3) is 0 Å². The average Bonchev–Trinajstić information content (AvgIpc) is 2.67. The van der Waals surface area contributed by atoms with E-state index in [0.717, 1.165) is 37.7 Å². The highest BCUT2D eigenvalue weighted by Gasteiger charge is 2.43. The number of aldehydes is 1. The van der Waals surface area contributed by atoms with Crippen LogP contribution in [0.25, 0.3) is 0 Å². The van der Waals surface area contributed by atoms with Crippen molar-refractivity contribution in [2.45, 2.75) is 37.8 Å². The van der Waals surface area contributed by atoms with Crippen LogP contribution in [0.3, 0.4) is 0 Å². The van der Waals surface area contributed by atoms with Gasteiger partial charge >= 0.3 is 0 Å². The highest BCUT2D eigenvalue weighted by Crippen LogP contribution is 2.48. The SMILES string of the molecule is C[C@H]1CC2(CCN1)OCCc1c2sc(Cl)c1C=O. The van der Waals surface area contributed by atoms with Crippen LogP contribution in [0.2, 0.25) is 4.34 Å². The average molecular weight is 286 g/mol. The molecule has 1 spiro atoms. The van der Waals surface area contributed by atoms with Gasteiger partial charge in [-0.2, -0.15) is 0 Å². The molecule has 1 aromatic heterocycles. The minimum atomic E-state index is -0.214. The molecule has 0 saturated carbocycles. The van der Waals surface area contributed by atoms with Crippen LogP contribution in [0.1, 0.15) is 40.6 Å². The molecule has 2 aliphatic rings. The van der Waals surface area contributed by atoms with E-state index in [2.05, 4.69) is 12.2 Å². The summed E-state index contributed by atoms with van der Waals surface area (Å²) in [4.78, 5) is 12.4. The van der Waals surface area contributed by atoms with E-state index in [1.165, 1.54) is 16.2 Å². The first kappa shape index (κ1) is 12.6. The Kier molecular flexibility index (Phi) is 3.22. The molecule has 1 N–H and O–H groups in total. The minimum absolute atomic E-state index is 0.214. The summed E-state index contributed by atoms with van der Waals surface area (Å²) in [5.41, 5.74) is 1.60. The molecule has 3 rings (SSSR count). The smallest absolute Gasteiger partial charge is 0.152 e. The van der Waals surface area contributed by atoms with Crippen molar-refractivity contribution in [2.24, 2.45) is 0 Å². The number of nitrogens with one attached hydrogen (secondary N) is 1. The zero-order valence-electron chi connectivity index (χ0n) is 10.3. The van der Waals surface area contributed by atoms with Crippen molar-refractivity contribution in [1.29, 1.82) is 0 Å². The van der Waals surface area contributed by atoms with Crippen LogP contribution < -0.4 is 5.32 Å². The molecule has 98 valence electrons. The molecule has 2 aliphatic heterocycles. The Bertz CT molecular complexity index is 488. The second-order valence-electron chi connectivity index (χ2n) is 5.12. The lowest BCUT2D eigenvalue weighted by Crippen LogP contribution is -2.48. The number of piperidine rings is 1. The van der Waals surface area contributed by atoms with E-state index in [4.69, 9.17) is 16.3 Å². The van der Waals surface area contributed by atoms with Crippen molar-refractivity contribution in [3.8, 4) is 0 Å². The van der Waals surface area contributed by atoms with Gasteiger partial charge in [0.15, 0.2) is 6.29 Å². The van der Waals surface area contributed by atoms with Gasteiger partial charge in [0, 0.05) is 16.5 Å². The Hall–Kier alpha value is -0.420. The molecule has 1 unspecified atom stereocenters. The lowest BCUT2D eigenvalue weighted by Gasteiger charge is -2.42. The van der Waals surface area contributed by atoms with Gasteiger partial charge in [-0.25, -0.2) is 0 Å². The maximum Gasteiger partial charge on any atom is 0.152 e. The fourth-order valence-corrected chi connectivity index (χ4v) is 4.74. The van der Waals surface area contributed by atoms with E-state index in [1.54, 1.807) is 0 Å². The number of halogens is 1. The predicted molar refractivity (Wildman–Crippen MR) is 72.7 cm³/mol. The number of carbonyl (C=O) groups excluding carboxylic acids is 1. The van der Waals surface area contributed by atoms with Gasteiger partial charge in [0.2, 0.25) is 0 Å². The standard InChI is InChI=1S/C13H16ClNO2S/c1-8-6-13(3-4-15-8)11-9(2-5-17-13)10(7-16)12(14)18-11/h7-8,15H,2-6H2,1H3/t8-,13?/m0/s1. The van der Waals surface area contributed by atoms with Gasteiger partial charge in [0.05, 0.1) is 6.61 Å². The molecule has 1 aromatic rings. The van der Waals surface area contributed by atoms with E-state index >= 15 is 0 Å². The number of thiophene rings is 1. The number of fused-ring (bicyclic) bond motifs is 2. The highest BCUT2D eigenvalue weighted by atomic mass is 35.5. The fourth-order valence-electron chi connectivity index (χ4n) is 3.12. The second kappa shape index (κ2) is 4.60. The first-order valence-corrected chi connectivity index (χ1v) is 7.50. The Morgan fingerprint density at radius 1 is 1.61 bits per heavy atom. The molecule has 5 heteroatoms. The Morgan fingerprint density at radius 3 is 3.17 bits per heavy atom. The van der Waals surface area contributed by atoms with Gasteiger partial charge in [-0.1, -0.05) is 11.6 Å². The van der Waals surface area contributed by atoms with Gasteiger partial charge < -0.3 is 10.1 Å². The number of rotatable bonds is 1. The van der Waals surface area contributed by atoms with Crippen LogP contribution in [-0.2, 0) is 16.8 Å². The number of hydrogen-bond donors (Lipinski definition) is 1. The Morgan fingerprint density at radius 2 is 2.44 bits per heavy atom. The van der Waals surface area contributed by atoms with Crippen LogP contribution in [0.5, 0.6) is 0 Å². The van der Waals surface area contributed by atoms with Crippen molar-refractivity contribution < 1.29 is 9.53 Å². The quantitative estimate of drug-likeness (QED) is 0.807. The largest absolute Gasteiger partial charge is 0.369 e. The molecule has 3 heterocycles. The number of hydrogen-bond acceptors (Lipinski definition) is 4. The third-order valence-electron chi connectivity index (χ3n) is 3.92. The normalized spacial score (nSPS) is 31.3. The van der Waals surface area contributed by atoms with Crippen LogP contribution in [0.4, 0.5) is 0 Å². The minimum Gasteiger partial charge on any atom is -0.369 e. The zero-order chi connectivity index (χ0) is 12.8. The van der Waals surface area contributed by atoms with Gasteiger partial charge in [-0.05, 0) is 38.3 Å². The van der Waals surface area contributed by atoms with E-state index < -0.39 is 0 Å². The molecule has 0 aromatic carbocycles. The predicted octanol–water partition coefficient (Wildman–Crippen LogP) is 2.75. The lowest BCUT2D eigenvalue weighted by atomic mass is 9.82. The van der Waals surface area contributed by atoms with Crippen LogP contribution in [-0.4, -0.2) is 25.5 Å². The topological polar surface area (TPSA) is 38.3 Å². The molecule has 1 saturated heterocycles. The Balaban J connectivity index is 2.09. The summed E-state index contributed by atoms with van der Waals surface area (Å²) >= 11 is 7.72. The third-order valence-corrected chi connectivity index (χ3v) is 5.58. The highest BCUT2D eigenvalue weighted by molar-refractivity contribution is 7.17. The van der Waals surface area contributed by atoms with E-state index in [1.807, 2.05) is 0 Å². The summed E-state index contributed by atoms with van der Waals surface area (Å²) in [6.07, 6.45) is 3.60. The van der Waals surface area contributed by atoms with Crippen LogP contribution >= 0.6 is 22.9 Å². The van der Waals surface area contributed by atoms with E-state index in [0.29, 0.717) is 22.5 Å². The number of ether oxygens (including phenoxy) is 1. The van der Waals surface area contributed by atoms with Crippen molar-refractivity contribution in [3.63, 3.8) is 0 Å². The monoisotopic (exact) mass is 285 g/mol. The van der Waals surface area contributed by atoms with Crippen LogP contribution in [0, 0.1) is 0 Å². The van der Waals surface area contributed by atoms with Gasteiger partial charge in [0.1, 0.15) is 9.94 Å². The van der Waals surface area contributed by atoms with Crippen molar-refractivity contribution >= 4 is 29.2 Å². The Labute approximate surface area is 115 Å². The summed E-state index contributed by atoms with van der Waals surface area (Å²) in [5, 5.41) is 3.44. The maximum absolute atomic E-state index is 11.2. The number of carbonyl (C=O) groups is 1. The maximum atomic E-state index is 11.2. The molecule has 2 atom stereocenters. The van der Waals surface area contributed by atoms with Crippen molar-refractivity contribution in [1.82, 2.24) is 5.32 Å². The van der Waals surface area contributed by atoms with Crippen molar-refractivity contribution in [2.75, 3.05) is 13.2 Å². The zero-order valence-corrected chi connectivity index (χ0v) is 11.9. The summed E-state index contributed by atoms with van der Waals surface area (Å²) in [7, 11) is 0. The fraction of sp³-hybridized carbons (Fsp3) is 0.615. The van der Waals surface area contributed by atoms with E-state index in [-0.39, 0.29) is 5.60 Å². The summed E-state index contributed by atoms with van der Waals surface area (Å²) < 4.78 is 6.73. The van der Waals surface area contributed by atoms with Crippen LogP contribution in [0.15, 0.2) is 0 Å². The molecule has 3 nitrogen and oxygen atoms in total. The second-order valence-corrected chi connectivity index (χ2v) is 6.74. The van der Waals surface area contributed by atoms with E-state index in [9.17, 15) is 4.79 Å². The molecular formula is C13H16ClNO2S. The summed E-state index contributed by atoms with van der Waals surface area (Å²) in [5.74, 6) is 0. The molecule has 1 fully saturated rings. The first-order chi connectivity index (χ1) is 8.66. The van der Waals surface area contributed by atoms with Crippen molar-refractivity contribution in [3.05, 3.63) is 20.3 Å². The molecule has 0 aliphatic carbocycles. The third kappa shape index (κ3) is 1.83. The summed E-state index contributed by atoms with van der Waals surface area (Å²) in [6, 6.07) is 0.435. The lowest BCUT2D eigenvalue weighted by molar-refractivity contribution is -0.0849.